The van der Waals surface area contributed by atoms with Crippen molar-refractivity contribution in [3.05, 3.63) is 59.1 Å². The number of amides is 2. The maximum absolute atomic E-state index is 11.8. The minimum absolute atomic E-state index is 0.332. The zero-order chi connectivity index (χ0) is 18.8. The highest BCUT2D eigenvalue weighted by molar-refractivity contribution is 6.30. The third-order valence-electron chi connectivity index (χ3n) is 3.21. The molecular formula is C19H20ClN3O3. The first-order valence-electron chi connectivity index (χ1n) is 8.17. The van der Waals surface area contributed by atoms with E-state index >= 15 is 0 Å². The topological polar surface area (TPSA) is 79.8 Å². The lowest BCUT2D eigenvalue weighted by atomic mass is 10.2. The fourth-order valence-corrected chi connectivity index (χ4v) is 2.23. The van der Waals surface area contributed by atoms with Gasteiger partial charge in [-0.05, 0) is 36.8 Å². The molecule has 6 nitrogen and oxygen atoms in total. The molecule has 0 atom stereocenters. The van der Waals surface area contributed by atoms with Gasteiger partial charge in [0, 0.05) is 16.3 Å². The van der Waals surface area contributed by atoms with Crippen LogP contribution < -0.4 is 15.5 Å². The van der Waals surface area contributed by atoms with Crippen LogP contribution in [0.25, 0.3) is 0 Å². The van der Waals surface area contributed by atoms with E-state index in [0.29, 0.717) is 28.6 Å². The summed E-state index contributed by atoms with van der Waals surface area (Å²) in [5, 5.41) is 7.03. The molecule has 26 heavy (non-hydrogen) atoms. The second kappa shape index (κ2) is 10.2. The van der Waals surface area contributed by atoms with Crippen LogP contribution in [0.1, 0.15) is 25.3 Å². The molecule has 0 unspecified atom stereocenters. The fraction of sp³-hybridized carbons (Fsp3) is 0.211. The van der Waals surface area contributed by atoms with E-state index in [0.717, 1.165) is 6.42 Å². The van der Waals surface area contributed by atoms with E-state index in [-0.39, 0.29) is 6.42 Å². The second-order valence-corrected chi connectivity index (χ2v) is 5.85. The Morgan fingerprint density at radius 2 is 1.92 bits per heavy atom. The molecule has 2 rings (SSSR count). The van der Waals surface area contributed by atoms with Crippen molar-refractivity contribution in [2.75, 3.05) is 11.9 Å². The van der Waals surface area contributed by atoms with Crippen LogP contribution in [0.4, 0.5) is 5.69 Å². The monoisotopic (exact) mass is 373 g/mol. The molecule has 0 spiro atoms. The van der Waals surface area contributed by atoms with E-state index in [4.69, 9.17) is 16.3 Å². The molecule has 0 saturated carbocycles. The van der Waals surface area contributed by atoms with Gasteiger partial charge in [0.15, 0.2) is 0 Å². The highest BCUT2D eigenvalue weighted by Gasteiger charge is 2.09. The number of benzene rings is 2. The summed E-state index contributed by atoms with van der Waals surface area (Å²) in [7, 11) is 0. The molecule has 0 aliphatic heterocycles. The van der Waals surface area contributed by atoms with Crippen molar-refractivity contribution in [3.63, 3.8) is 0 Å². The average Bonchev–Trinajstić information content (AvgIpc) is 2.61. The van der Waals surface area contributed by atoms with Crippen molar-refractivity contribution in [2.24, 2.45) is 5.10 Å². The van der Waals surface area contributed by atoms with Gasteiger partial charge in [0.05, 0.1) is 12.8 Å². The number of hydrogen-bond donors (Lipinski definition) is 2. The lowest BCUT2D eigenvalue weighted by Crippen LogP contribution is -2.24. The number of carbonyl (C=O) groups excluding carboxylic acids is 2. The Morgan fingerprint density at radius 3 is 2.65 bits per heavy atom. The van der Waals surface area contributed by atoms with Crippen molar-refractivity contribution < 1.29 is 14.3 Å². The Kier molecular flexibility index (Phi) is 7.64. The van der Waals surface area contributed by atoms with E-state index in [2.05, 4.69) is 15.8 Å². The first-order chi connectivity index (χ1) is 12.6. The van der Waals surface area contributed by atoms with Gasteiger partial charge in [-0.1, -0.05) is 36.7 Å². The van der Waals surface area contributed by atoms with Crippen LogP contribution >= 0.6 is 11.6 Å². The standard InChI is InChI=1S/C19H20ClN3O3/c1-2-10-26-17-9-8-15(20)11-14(17)13-21-23-19(25)12-18(24)22-16-6-4-3-5-7-16/h3-9,11,13H,2,10,12H2,1H3,(H,22,24)(H,23,25). The van der Waals surface area contributed by atoms with Crippen LogP contribution in [0, 0.1) is 0 Å². The van der Waals surface area contributed by atoms with Gasteiger partial charge in [0.25, 0.3) is 0 Å². The number of nitrogens with zero attached hydrogens (tertiary/aromatic N) is 1. The van der Waals surface area contributed by atoms with E-state index in [1.54, 1.807) is 42.5 Å². The second-order valence-electron chi connectivity index (χ2n) is 5.41. The third kappa shape index (κ3) is 6.57. The quantitative estimate of drug-likeness (QED) is 0.421. The van der Waals surface area contributed by atoms with Gasteiger partial charge < -0.3 is 10.1 Å². The van der Waals surface area contributed by atoms with Crippen molar-refractivity contribution in [3.8, 4) is 5.75 Å². The fourth-order valence-electron chi connectivity index (χ4n) is 2.05. The molecule has 0 saturated heterocycles. The molecule has 0 aromatic heterocycles. The molecular weight excluding hydrogens is 354 g/mol. The predicted octanol–water partition coefficient (Wildman–Crippen LogP) is 3.61. The van der Waals surface area contributed by atoms with Crippen LogP contribution in [0.15, 0.2) is 53.6 Å². The van der Waals surface area contributed by atoms with E-state index in [1.807, 2.05) is 13.0 Å². The minimum atomic E-state index is -0.521. The van der Waals surface area contributed by atoms with Gasteiger partial charge in [-0.15, -0.1) is 0 Å². The summed E-state index contributed by atoms with van der Waals surface area (Å²) in [6.07, 6.45) is 1.97. The molecule has 0 aliphatic rings. The lowest BCUT2D eigenvalue weighted by molar-refractivity contribution is -0.126. The normalized spacial score (nSPS) is 10.5. The summed E-state index contributed by atoms with van der Waals surface area (Å²) in [5.74, 6) is -0.317. The number of halogens is 1. The maximum atomic E-state index is 11.8. The number of para-hydroxylation sites is 1. The highest BCUT2D eigenvalue weighted by atomic mass is 35.5. The molecule has 0 aliphatic carbocycles. The highest BCUT2D eigenvalue weighted by Crippen LogP contribution is 2.21. The number of hydrazone groups is 1. The number of rotatable bonds is 8. The van der Waals surface area contributed by atoms with Crippen LogP contribution in [0.3, 0.4) is 0 Å². The van der Waals surface area contributed by atoms with Crippen LogP contribution in [0.2, 0.25) is 5.02 Å². The summed E-state index contributed by atoms with van der Waals surface area (Å²) in [6, 6.07) is 14.1. The van der Waals surface area contributed by atoms with Crippen molar-refractivity contribution in [1.82, 2.24) is 5.43 Å². The molecule has 0 fully saturated rings. The van der Waals surface area contributed by atoms with E-state index < -0.39 is 11.8 Å². The summed E-state index contributed by atoms with van der Waals surface area (Å²) in [6.45, 7) is 2.57. The molecule has 136 valence electrons. The van der Waals surface area contributed by atoms with Crippen LogP contribution in [-0.2, 0) is 9.59 Å². The predicted molar refractivity (Wildman–Crippen MR) is 103 cm³/mol. The van der Waals surface area contributed by atoms with Crippen molar-refractivity contribution in [2.45, 2.75) is 19.8 Å². The molecule has 2 aromatic rings. The minimum Gasteiger partial charge on any atom is -0.493 e. The Hall–Kier alpha value is -2.86. The van der Waals surface area contributed by atoms with Gasteiger partial charge in [-0.25, -0.2) is 5.43 Å². The lowest BCUT2D eigenvalue weighted by Gasteiger charge is -2.08. The molecule has 2 aromatic carbocycles. The van der Waals surface area contributed by atoms with Crippen LogP contribution in [0.5, 0.6) is 5.75 Å². The summed E-state index contributed by atoms with van der Waals surface area (Å²) in [5.41, 5.74) is 3.59. The number of carbonyl (C=O) groups is 2. The third-order valence-corrected chi connectivity index (χ3v) is 3.44. The Balaban J connectivity index is 1.88. The Morgan fingerprint density at radius 1 is 1.15 bits per heavy atom. The molecule has 0 bridgehead atoms. The van der Waals surface area contributed by atoms with Gasteiger partial charge in [0.1, 0.15) is 12.2 Å². The Labute approximate surface area is 157 Å². The number of anilines is 1. The zero-order valence-electron chi connectivity index (χ0n) is 14.4. The summed E-state index contributed by atoms with van der Waals surface area (Å²) >= 11 is 5.98. The first-order valence-corrected chi connectivity index (χ1v) is 8.55. The van der Waals surface area contributed by atoms with Gasteiger partial charge >= 0.3 is 0 Å². The molecule has 2 N–H and O–H groups in total. The smallest absolute Gasteiger partial charge is 0.249 e. The van der Waals surface area contributed by atoms with Crippen LogP contribution in [-0.4, -0.2) is 24.6 Å². The number of nitrogens with one attached hydrogen (secondary N) is 2. The van der Waals surface area contributed by atoms with E-state index in [1.165, 1.54) is 6.21 Å². The van der Waals surface area contributed by atoms with Gasteiger partial charge in [-0.2, -0.15) is 5.10 Å². The van der Waals surface area contributed by atoms with E-state index in [9.17, 15) is 9.59 Å². The molecule has 0 heterocycles. The molecule has 7 heteroatoms. The number of hydrogen-bond acceptors (Lipinski definition) is 4. The summed E-state index contributed by atoms with van der Waals surface area (Å²) in [4.78, 5) is 23.6. The first kappa shape index (κ1) is 19.5. The van der Waals surface area contributed by atoms with Crippen molar-refractivity contribution in [1.29, 1.82) is 0 Å². The number of ether oxygens (including phenoxy) is 1. The molecule has 2 amide bonds. The molecule has 0 radical (unpaired) electrons. The largest absolute Gasteiger partial charge is 0.493 e. The SMILES string of the molecule is CCCOc1ccc(Cl)cc1C=NNC(=O)CC(=O)Nc1ccccc1. The van der Waals surface area contributed by atoms with Crippen molar-refractivity contribution >= 4 is 35.3 Å². The zero-order valence-corrected chi connectivity index (χ0v) is 15.1. The maximum Gasteiger partial charge on any atom is 0.249 e. The van der Waals surface area contributed by atoms with Gasteiger partial charge in [0.2, 0.25) is 11.8 Å². The Bertz CT molecular complexity index is 779. The summed E-state index contributed by atoms with van der Waals surface area (Å²) < 4.78 is 5.60. The van der Waals surface area contributed by atoms with Gasteiger partial charge in [-0.3, -0.25) is 9.59 Å². The average molecular weight is 374 g/mol.